The molecule has 1 atom stereocenters. The molecule has 1 N–H and O–H groups in total. The van der Waals surface area contributed by atoms with Crippen LogP contribution in [0.15, 0.2) is 24.3 Å². The Morgan fingerprint density at radius 2 is 0.819 bits per heavy atom. The maximum absolute atomic E-state index is 13.0. The van der Waals surface area contributed by atoms with Crippen LogP contribution in [0.1, 0.15) is 235 Å². The molecule has 0 aliphatic heterocycles. The molecule has 0 aromatic carbocycles. The van der Waals surface area contributed by atoms with Gasteiger partial charge in [-0.25, -0.2) is 14.4 Å². The fraction of sp³-hybridized carbons (Fsp3) is 0.862. The molecule has 0 aliphatic rings. The van der Waals surface area contributed by atoms with Crippen LogP contribution in [-0.2, 0) is 57.0 Å². The van der Waals surface area contributed by atoms with E-state index in [1.165, 1.54) is 161 Å². The van der Waals surface area contributed by atoms with Crippen molar-refractivity contribution in [3.8, 4) is 0 Å². The van der Waals surface area contributed by atoms with E-state index in [1.54, 1.807) is 41.5 Å². The highest BCUT2D eigenvalue weighted by Crippen LogP contribution is 2.15. The van der Waals surface area contributed by atoms with Gasteiger partial charge in [0, 0.05) is 33.4 Å². The highest BCUT2D eigenvalue weighted by molar-refractivity contribution is 5.79. The van der Waals surface area contributed by atoms with Crippen LogP contribution in [0.5, 0.6) is 0 Å². The van der Waals surface area contributed by atoms with Crippen LogP contribution < -0.4 is 5.32 Å². The third-order valence-electron chi connectivity index (χ3n) is 13.0. The zero-order valence-electron chi connectivity index (χ0n) is 54.0. The highest BCUT2D eigenvalue weighted by Gasteiger charge is 2.27. The van der Waals surface area contributed by atoms with E-state index in [-0.39, 0.29) is 78.6 Å². The molecule has 0 spiro atoms. The van der Waals surface area contributed by atoms with Gasteiger partial charge < -0.3 is 52.7 Å². The Bertz CT molecular complexity index is 1620. The van der Waals surface area contributed by atoms with Gasteiger partial charge in [0.2, 0.25) is 0 Å². The van der Waals surface area contributed by atoms with E-state index in [9.17, 15) is 24.0 Å². The molecular weight excluding hydrogens is 1060 g/mol. The van der Waals surface area contributed by atoms with Gasteiger partial charge in [-0.15, -0.1) is 0 Å². The van der Waals surface area contributed by atoms with Crippen molar-refractivity contribution in [1.29, 1.82) is 0 Å². The quantitative estimate of drug-likeness (QED) is 0.0261. The Hall–Kier alpha value is -3.97. The highest BCUT2D eigenvalue weighted by atomic mass is 16.6. The van der Waals surface area contributed by atoms with Gasteiger partial charge >= 0.3 is 30.2 Å². The minimum absolute atomic E-state index is 0.0725. The SMILES string of the molecule is CCCCCCCC/C=C\CCCCCCCCOCC(COC(=O)NCCOCCOCCOC(=O)CN(CCOC(=O)CN(CCOC)C(=O)OC(C)(C)C)C(=O)OC(C)(C)C)OCCCCCCCC/C=C\CCCCCCCC. The minimum atomic E-state index is -0.859. The fourth-order valence-electron chi connectivity index (χ4n) is 8.39. The summed E-state index contributed by atoms with van der Waals surface area (Å²) in [6.45, 7) is 16.2. The fourth-order valence-corrected chi connectivity index (χ4v) is 8.39. The third kappa shape index (κ3) is 56.9. The van der Waals surface area contributed by atoms with E-state index in [0.29, 0.717) is 19.8 Å². The Balaban J connectivity index is 4.64. The number of allylic oxidation sites excluding steroid dienone is 4. The summed E-state index contributed by atoms with van der Waals surface area (Å²) < 4.78 is 55.4. The summed E-state index contributed by atoms with van der Waals surface area (Å²) in [5, 5.41) is 2.72. The van der Waals surface area contributed by atoms with Crippen LogP contribution in [0.2, 0.25) is 0 Å². The summed E-state index contributed by atoms with van der Waals surface area (Å²) in [4.78, 5) is 65.9. The zero-order valence-corrected chi connectivity index (χ0v) is 54.0. The average Bonchev–Trinajstić information content (AvgIpc) is 3.42. The lowest BCUT2D eigenvalue weighted by Crippen LogP contribution is -2.43. The summed E-state index contributed by atoms with van der Waals surface area (Å²) in [5.41, 5.74) is -1.64. The molecule has 0 aliphatic carbocycles. The lowest BCUT2D eigenvalue weighted by molar-refractivity contribution is -0.147. The van der Waals surface area contributed by atoms with E-state index in [1.807, 2.05) is 0 Å². The standard InChI is InChI=1S/C65H121N3O15/c1-10-12-14-16-18-20-22-24-26-28-30-32-34-36-38-40-45-77-56-58(78-46-41-39-37-35-33-31-29-27-25-23-21-19-17-15-13-11-2)57-81-61(71)66-42-47-75-50-51-76-52-53-80-60(70)55-68(63(73)83-65(6,7)8)44-49-79-59(69)54-67(43-48-74-9)62(72)82-64(3,4)5/h24-27,58H,10-23,28-57H2,1-9H3,(H,66,71)/b26-24-,27-25-. The first-order valence-corrected chi connectivity index (χ1v) is 32.3. The van der Waals surface area contributed by atoms with Crippen molar-refractivity contribution < 1.29 is 71.3 Å². The molecule has 3 amide bonds. The topological polar surface area (TPSA) is 196 Å². The van der Waals surface area contributed by atoms with Crippen molar-refractivity contribution in [2.45, 2.75) is 252 Å². The van der Waals surface area contributed by atoms with E-state index in [2.05, 4.69) is 43.5 Å². The van der Waals surface area contributed by atoms with Crippen LogP contribution in [0.25, 0.3) is 0 Å². The monoisotopic (exact) mass is 1180 g/mol. The molecule has 0 radical (unpaired) electrons. The first-order valence-electron chi connectivity index (χ1n) is 32.3. The minimum Gasteiger partial charge on any atom is -0.462 e. The average molecular weight is 1180 g/mol. The molecular formula is C65H121N3O15. The predicted octanol–water partition coefficient (Wildman–Crippen LogP) is 14.4. The van der Waals surface area contributed by atoms with E-state index >= 15 is 0 Å². The van der Waals surface area contributed by atoms with Crippen molar-refractivity contribution in [3.63, 3.8) is 0 Å². The molecule has 0 bridgehead atoms. The number of ether oxygens (including phenoxy) is 10. The third-order valence-corrected chi connectivity index (χ3v) is 13.0. The largest absolute Gasteiger partial charge is 0.462 e. The van der Waals surface area contributed by atoms with Gasteiger partial charge in [0.25, 0.3) is 0 Å². The Labute approximate surface area is 504 Å². The molecule has 18 heteroatoms. The molecule has 0 rings (SSSR count). The van der Waals surface area contributed by atoms with Gasteiger partial charge in [0.15, 0.2) is 0 Å². The molecule has 1 unspecified atom stereocenters. The van der Waals surface area contributed by atoms with Crippen molar-refractivity contribution in [2.24, 2.45) is 0 Å². The number of nitrogens with one attached hydrogen (secondary N) is 1. The van der Waals surface area contributed by atoms with Crippen molar-refractivity contribution >= 4 is 30.2 Å². The summed E-state index contributed by atoms with van der Waals surface area (Å²) >= 11 is 0. The van der Waals surface area contributed by atoms with Crippen LogP contribution in [0.4, 0.5) is 14.4 Å². The lowest BCUT2D eigenvalue weighted by atomic mass is 10.1. The molecule has 0 fully saturated rings. The number of hydrogen-bond donors (Lipinski definition) is 1. The van der Waals surface area contributed by atoms with Crippen molar-refractivity contribution in [3.05, 3.63) is 24.3 Å². The van der Waals surface area contributed by atoms with E-state index < -0.39 is 54.5 Å². The second kappa shape index (κ2) is 55.9. The summed E-state index contributed by atoms with van der Waals surface area (Å²) in [5.74, 6) is -1.47. The Morgan fingerprint density at radius 3 is 1.28 bits per heavy atom. The number of amides is 3. The zero-order chi connectivity index (χ0) is 61.3. The molecule has 0 saturated heterocycles. The summed E-state index contributed by atoms with van der Waals surface area (Å²) in [7, 11) is 1.47. The van der Waals surface area contributed by atoms with Crippen LogP contribution in [-0.4, -0.2) is 170 Å². The van der Waals surface area contributed by atoms with Crippen molar-refractivity contribution in [2.75, 3.05) is 113 Å². The molecule has 0 saturated carbocycles. The number of esters is 2. The normalized spacial score (nSPS) is 12.2. The van der Waals surface area contributed by atoms with Gasteiger partial charge in [0.05, 0.1) is 46.2 Å². The first-order chi connectivity index (χ1) is 40.0. The van der Waals surface area contributed by atoms with Gasteiger partial charge in [-0.2, -0.15) is 0 Å². The van der Waals surface area contributed by atoms with E-state index in [0.717, 1.165) is 35.5 Å². The van der Waals surface area contributed by atoms with Crippen LogP contribution in [0, 0.1) is 0 Å². The Morgan fingerprint density at radius 1 is 0.422 bits per heavy atom. The van der Waals surface area contributed by atoms with Crippen LogP contribution >= 0.6 is 0 Å². The molecule has 18 nitrogen and oxygen atoms in total. The van der Waals surface area contributed by atoms with E-state index in [4.69, 9.17) is 47.4 Å². The Kier molecular flexibility index (Phi) is 53.2. The molecule has 0 heterocycles. The number of methoxy groups -OCH3 is 1. The number of unbranched alkanes of at least 4 members (excludes halogenated alkanes) is 24. The second-order valence-corrected chi connectivity index (χ2v) is 23.4. The molecule has 486 valence electrons. The van der Waals surface area contributed by atoms with Gasteiger partial charge in [-0.1, -0.05) is 154 Å². The van der Waals surface area contributed by atoms with Gasteiger partial charge in [0.1, 0.15) is 50.2 Å². The lowest BCUT2D eigenvalue weighted by Gasteiger charge is -2.27. The maximum Gasteiger partial charge on any atom is 0.410 e. The maximum atomic E-state index is 13.0. The molecule has 0 aromatic rings. The second-order valence-electron chi connectivity index (χ2n) is 23.4. The first kappa shape index (κ1) is 79.0. The molecule has 83 heavy (non-hydrogen) atoms. The number of nitrogens with zero attached hydrogens (tertiary/aromatic N) is 2. The van der Waals surface area contributed by atoms with Crippen LogP contribution in [0.3, 0.4) is 0 Å². The number of hydrogen-bond acceptors (Lipinski definition) is 15. The van der Waals surface area contributed by atoms with Gasteiger partial charge in [-0.05, 0) is 106 Å². The smallest absolute Gasteiger partial charge is 0.410 e. The summed E-state index contributed by atoms with van der Waals surface area (Å²) in [6.07, 6.45) is 42.1. The number of carbonyl (C=O) groups is 5. The number of rotatable bonds is 56. The molecule has 0 aromatic heterocycles. The van der Waals surface area contributed by atoms with Crippen molar-refractivity contribution in [1.82, 2.24) is 15.1 Å². The van der Waals surface area contributed by atoms with Gasteiger partial charge in [-0.3, -0.25) is 19.4 Å². The number of alkyl carbamates (subject to hydrolysis) is 1. The predicted molar refractivity (Wildman–Crippen MR) is 330 cm³/mol. The number of carbonyl (C=O) groups excluding carboxylic acids is 5. The summed E-state index contributed by atoms with van der Waals surface area (Å²) in [6, 6.07) is 0.